The Balaban J connectivity index is 2.78. The second-order valence-electron chi connectivity index (χ2n) is 4.48. The van der Waals surface area contributed by atoms with Crippen LogP contribution in [0.3, 0.4) is 0 Å². The summed E-state index contributed by atoms with van der Waals surface area (Å²) in [5.74, 6) is 0.883. The number of nitro benzene ring substituents is 1. The summed E-state index contributed by atoms with van der Waals surface area (Å²) in [6.45, 7) is 4.13. The van der Waals surface area contributed by atoms with Gasteiger partial charge in [0.2, 0.25) is 0 Å². The van der Waals surface area contributed by atoms with Gasteiger partial charge in [-0.25, -0.2) is 0 Å². The van der Waals surface area contributed by atoms with Crippen LogP contribution in [0.25, 0.3) is 0 Å². The molecule has 112 valence electrons. The van der Waals surface area contributed by atoms with E-state index in [0.717, 1.165) is 12.1 Å². The van der Waals surface area contributed by atoms with Gasteiger partial charge in [-0.05, 0) is 26.3 Å². The molecular formula is C13H20N2O4S. The second kappa shape index (κ2) is 7.84. The van der Waals surface area contributed by atoms with Crippen LogP contribution in [0.2, 0.25) is 0 Å². The SMILES string of the molecule is CCOc1cc(NC(C)CCS(C)=O)ccc1[N+](=O)[O-]. The van der Waals surface area contributed by atoms with Gasteiger partial charge in [0.05, 0.1) is 11.5 Å². The van der Waals surface area contributed by atoms with Crippen molar-refractivity contribution < 1.29 is 13.9 Å². The monoisotopic (exact) mass is 300 g/mol. The van der Waals surface area contributed by atoms with Crippen molar-refractivity contribution in [1.29, 1.82) is 0 Å². The highest BCUT2D eigenvalue weighted by atomic mass is 32.2. The van der Waals surface area contributed by atoms with Gasteiger partial charge in [0.1, 0.15) is 0 Å². The third-order valence-corrected chi connectivity index (χ3v) is 3.52. The molecule has 0 aliphatic rings. The summed E-state index contributed by atoms with van der Waals surface area (Å²) in [5, 5.41) is 14.1. The smallest absolute Gasteiger partial charge is 0.311 e. The van der Waals surface area contributed by atoms with Gasteiger partial charge in [-0.15, -0.1) is 0 Å². The molecule has 6 nitrogen and oxygen atoms in total. The van der Waals surface area contributed by atoms with E-state index in [1.807, 2.05) is 6.92 Å². The molecule has 0 aliphatic carbocycles. The van der Waals surface area contributed by atoms with Crippen molar-refractivity contribution in [2.24, 2.45) is 0 Å². The van der Waals surface area contributed by atoms with Crippen LogP contribution in [0.5, 0.6) is 5.75 Å². The molecule has 0 heterocycles. The standard InChI is InChI=1S/C13H20N2O4S/c1-4-19-13-9-11(5-6-12(13)15(16)17)14-10(2)7-8-20(3)18/h5-6,9-10,14H,4,7-8H2,1-3H3. The fourth-order valence-electron chi connectivity index (χ4n) is 1.73. The Morgan fingerprint density at radius 3 is 2.75 bits per heavy atom. The Hall–Kier alpha value is -1.63. The predicted octanol–water partition coefficient (Wildman–Crippen LogP) is 2.56. The van der Waals surface area contributed by atoms with Gasteiger partial charge >= 0.3 is 5.69 Å². The molecule has 7 heteroatoms. The van der Waals surface area contributed by atoms with Crippen LogP contribution in [0.1, 0.15) is 20.3 Å². The minimum Gasteiger partial charge on any atom is -0.487 e. The van der Waals surface area contributed by atoms with Gasteiger partial charge < -0.3 is 10.1 Å². The fraction of sp³-hybridized carbons (Fsp3) is 0.538. The van der Waals surface area contributed by atoms with E-state index in [1.165, 1.54) is 6.07 Å². The van der Waals surface area contributed by atoms with Crippen LogP contribution in [0, 0.1) is 10.1 Å². The molecule has 2 atom stereocenters. The number of benzene rings is 1. The van der Waals surface area contributed by atoms with Gasteiger partial charge in [-0.1, -0.05) is 0 Å². The normalized spacial score (nSPS) is 13.6. The predicted molar refractivity (Wildman–Crippen MR) is 80.9 cm³/mol. The minimum absolute atomic E-state index is 0.0419. The van der Waals surface area contributed by atoms with Crippen LogP contribution in [-0.4, -0.2) is 33.8 Å². The number of nitro groups is 1. The highest BCUT2D eigenvalue weighted by molar-refractivity contribution is 7.84. The van der Waals surface area contributed by atoms with Crippen LogP contribution >= 0.6 is 0 Å². The second-order valence-corrected chi connectivity index (χ2v) is 6.04. The van der Waals surface area contributed by atoms with E-state index in [4.69, 9.17) is 4.74 Å². The molecule has 0 amide bonds. The zero-order valence-corrected chi connectivity index (χ0v) is 12.7. The van der Waals surface area contributed by atoms with E-state index >= 15 is 0 Å². The first-order valence-electron chi connectivity index (χ1n) is 6.41. The van der Waals surface area contributed by atoms with E-state index in [2.05, 4.69) is 5.32 Å². The molecule has 0 radical (unpaired) electrons. The maximum absolute atomic E-state index is 11.0. The van der Waals surface area contributed by atoms with Crippen LogP contribution < -0.4 is 10.1 Å². The molecule has 2 unspecified atom stereocenters. The number of nitrogens with one attached hydrogen (secondary N) is 1. The number of hydrogen-bond donors (Lipinski definition) is 1. The topological polar surface area (TPSA) is 81.5 Å². The van der Waals surface area contributed by atoms with Crippen LogP contribution in [-0.2, 0) is 10.8 Å². The lowest BCUT2D eigenvalue weighted by Crippen LogP contribution is -2.17. The van der Waals surface area contributed by atoms with Crippen molar-refractivity contribution in [2.45, 2.75) is 26.3 Å². The van der Waals surface area contributed by atoms with Crippen molar-refractivity contribution in [3.63, 3.8) is 0 Å². The molecule has 1 rings (SSSR count). The Kier molecular flexibility index (Phi) is 6.44. The molecule has 0 fully saturated rings. The van der Waals surface area contributed by atoms with E-state index in [1.54, 1.807) is 25.3 Å². The van der Waals surface area contributed by atoms with E-state index < -0.39 is 15.7 Å². The van der Waals surface area contributed by atoms with Crippen molar-refractivity contribution in [1.82, 2.24) is 0 Å². The zero-order valence-electron chi connectivity index (χ0n) is 11.9. The fourth-order valence-corrected chi connectivity index (χ4v) is 2.41. The van der Waals surface area contributed by atoms with Gasteiger partial charge in [0.15, 0.2) is 5.75 Å². The highest BCUT2D eigenvalue weighted by Gasteiger charge is 2.15. The van der Waals surface area contributed by atoms with Crippen LogP contribution in [0.4, 0.5) is 11.4 Å². The lowest BCUT2D eigenvalue weighted by molar-refractivity contribution is -0.385. The number of hydrogen-bond acceptors (Lipinski definition) is 5. The van der Waals surface area contributed by atoms with Gasteiger partial charge in [0, 0.05) is 46.7 Å². The molecular weight excluding hydrogens is 280 g/mol. The first-order valence-corrected chi connectivity index (χ1v) is 8.14. The number of rotatable bonds is 8. The van der Waals surface area contributed by atoms with Gasteiger partial charge in [-0.3, -0.25) is 14.3 Å². The van der Waals surface area contributed by atoms with E-state index in [0.29, 0.717) is 12.4 Å². The summed E-state index contributed by atoms with van der Waals surface area (Å²) in [4.78, 5) is 10.4. The number of nitrogens with zero attached hydrogens (tertiary/aromatic N) is 1. The summed E-state index contributed by atoms with van der Waals surface area (Å²) in [6.07, 6.45) is 2.44. The number of ether oxygens (including phenoxy) is 1. The van der Waals surface area contributed by atoms with Crippen molar-refractivity contribution >= 4 is 22.2 Å². The van der Waals surface area contributed by atoms with Gasteiger partial charge in [-0.2, -0.15) is 0 Å². The summed E-state index contributed by atoms with van der Waals surface area (Å²) < 4.78 is 16.3. The van der Waals surface area contributed by atoms with E-state index in [9.17, 15) is 14.3 Å². The van der Waals surface area contributed by atoms with Crippen molar-refractivity contribution in [3.05, 3.63) is 28.3 Å². The molecule has 0 aromatic heterocycles. The lowest BCUT2D eigenvalue weighted by Gasteiger charge is -2.15. The molecule has 0 saturated heterocycles. The van der Waals surface area contributed by atoms with E-state index in [-0.39, 0.29) is 17.5 Å². The third kappa shape index (κ3) is 5.16. The molecule has 1 N–H and O–H groups in total. The molecule has 0 saturated carbocycles. The Morgan fingerprint density at radius 2 is 2.20 bits per heavy atom. The third-order valence-electron chi connectivity index (χ3n) is 2.71. The number of anilines is 1. The van der Waals surface area contributed by atoms with Gasteiger partial charge in [0.25, 0.3) is 0 Å². The van der Waals surface area contributed by atoms with Crippen LogP contribution in [0.15, 0.2) is 18.2 Å². The molecule has 0 spiro atoms. The quantitative estimate of drug-likeness (QED) is 0.589. The average Bonchev–Trinajstić information content (AvgIpc) is 2.36. The maximum atomic E-state index is 11.0. The largest absolute Gasteiger partial charge is 0.487 e. The summed E-state index contributed by atoms with van der Waals surface area (Å²) in [7, 11) is -0.815. The zero-order chi connectivity index (χ0) is 15.1. The van der Waals surface area contributed by atoms with Crippen molar-refractivity contribution in [2.75, 3.05) is 23.9 Å². The Labute approximate surface area is 121 Å². The molecule has 0 aliphatic heterocycles. The summed E-state index contributed by atoms with van der Waals surface area (Å²) in [6, 6.07) is 4.84. The first-order chi connectivity index (χ1) is 9.43. The summed E-state index contributed by atoms with van der Waals surface area (Å²) >= 11 is 0. The maximum Gasteiger partial charge on any atom is 0.311 e. The first kappa shape index (κ1) is 16.4. The molecule has 0 bridgehead atoms. The lowest BCUT2D eigenvalue weighted by atomic mass is 10.2. The average molecular weight is 300 g/mol. The van der Waals surface area contributed by atoms with Crippen molar-refractivity contribution in [3.8, 4) is 5.75 Å². The Bertz CT molecular complexity index is 493. The molecule has 1 aromatic rings. The Morgan fingerprint density at radius 1 is 1.50 bits per heavy atom. The minimum atomic E-state index is -0.815. The highest BCUT2D eigenvalue weighted by Crippen LogP contribution is 2.30. The molecule has 20 heavy (non-hydrogen) atoms. The molecule has 1 aromatic carbocycles. The summed E-state index contributed by atoms with van der Waals surface area (Å²) in [5.41, 5.74) is 0.716.